The van der Waals surface area contributed by atoms with E-state index in [1.165, 1.54) is 5.69 Å². The van der Waals surface area contributed by atoms with E-state index in [0.717, 1.165) is 74.1 Å². The Morgan fingerprint density at radius 3 is 2.28 bits per heavy atom. The van der Waals surface area contributed by atoms with Gasteiger partial charge in [-0.3, -0.25) is 13.6 Å². The van der Waals surface area contributed by atoms with Crippen molar-refractivity contribution in [3.63, 3.8) is 0 Å². The molecule has 8 nitrogen and oxygen atoms in total. The van der Waals surface area contributed by atoms with Gasteiger partial charge in [0.25, 0.3) is 5.56 Å². The maximum absolute atomic E-state index is 14.3. The summed E-state index contributed by atoms with van der Waals surface area (Å²) in [6.07, 6.45) is 5.86. The Labute approximate surface area is 270 Å². The van der Waals surface area contributed by atoms with Crippen molar-refractivity contribution in [2.75, 3.05) is 43.4 Å². The van der Waals surface area contributed by atoms with Gasteiger partial charge in [0.05, 0.1) is 0 Å². The van der Waals surface area contributed by atoms with Crippen LogP contribution in [-0.2, 0) is 9.52 Å². The molecule has 236 valence electrons. The van der Waals surface area contributed by atoms with Crippen molar-refractivity contribution in [2.24, 2.45) is 0 Å². The number of aryl methyl sites for hydroxylation is 1. The highest BCUT2D eigenvalue weighted by Crippen LogP contribution is 2.34. The van der Waals surface area contributed by atoms with Gasteiger partial charge >= 0.3 is 0 Å². The standard InChI is InChI=1S/C37H40N6O2S/c1-26-23-32(46(3,45)31-11-5-4-6-12-31)17-18-33(26)34-24-27-25-38-37(40-35(27)43(36(34)44)30-9-7-8-10-30)39-28-13-15-29(16-14-28)42-21-19-41(2)20-22-42/h4-6,11-18,23-25,30H,3,7-10,19-22H2,1-2H3,(H,38,39,40). The molecule has 0 spiro atoms. The van der Waals surface area contributed by atoms with E-state index in [0.29, 0.717) is 26.9 Å². The van der Waals surface area contributed by atoms with Gasteiger partial charge in [-0.05, 0) is 98.4 Å². The first-order valence-corrected chi connectivity index (χ1v) is 17.8. The number of benzene rings is 3. The van der Waals surface area contributed by atoms with Gasteiger partial charge in [0.1, 0.15) is 5.65 Å². The second-order valence-electron chi connectivity index (χ2n) is 12.6. The first-order valence-electron chi connectivity index (χ1n) is 16.0. The minimum atomic E-state index is -2.68. The smallest absolute Gasteiger partial charge is 0.260 e. The molecule has 1 N–H and O–H groups in total. The maximum Gasteiger partial charge on any atom is 0.260 e. The Bertz CT molecular complexity index is 2040. The molecule has 3 aromatic carbocycles. The summed E-state index contributed by atoms with van der Waals surface area (Å²) in [7, 11) is -0.520. The van der Waals surface area contributed by atoms with Crippen LogP contribution in [0.2, 0.25) is 0 Å². The van der Waals surface area contributed by atoms with Crippen LogP contribution in [-0.4, -0.2) is 62.7 Å². The van der Waals surface area contributed by atoms with Crippen LogP contribution >= 0.6 is 0 Å². The fraction of sp³-hybridized carbons (Fsp3) is 0.297. The van der Waals surface area contributed by atoms with Crippen LogP contribution in [0.4, 0.5) is 17.3 Å². The van der Waals surface area contributed by atoms with Crippen LogP contribution in [0.1, 0.15) is 37.3 Å². The number of pyridine rings is 1. The molecule has 2 aromatic heterocycles. The highest BCUT2D eigenvalue weighted by atomic mass is 32.2. The lowest BCUT2D eigenvalue weighted by molar-refractivity contribution is 0.313. The predicted molar refractivity (Wildman–Crippen MR) is 189 cm³/mol. The summed E-state index contributed by atoms with van der Waals surface area (Å²) in [4.78, 5) is 30.0. The van der Waals surface area contributed by atoms with Gasteiger partial charge in [0.15, 0.2) is 0 Å². The molecule has 1 saturated heterocycles. The van der Waals surface area contributed by atoms with Crippen molar-refractivity contribution >= 4 is 43.7 Å². The topological polar surface area (TPSA) is 83.4 Å². The second kappa shape index (κ2) is 12.4. The molecular weight excluding hydrogens is 593 g/mol. The van der Waals surface area contributed by atoms with Gasteiger partial charge in [-0.25, -0.2) is 4.98 Å². The van der Waals surface area contributed by atoms with Gasteiger partial charge < -0.3 is 15.1 Å². The van der Waals surface area contributed by atoms with Gasteiger partial charge in [-0.1, -0.05) is 37.1 Å². The molecule has 1 atom stereocenters. The molecule has 9 heteroatoms. The largest absolute Gasteiger partial charge is 0.369 e. The Kier molecular flexibility index (Phi) is 8.13. The number of aromatic nitrogens is 3. The lowest BCUT2D eigenvalue weighted by Crippen LogP contribution is -2.44. The molecule has 1 unspecified atom stereocenters. The molecule has 1 aliphatic heterocycles. The van der Waals surface area contributed by atoms with Crippen LogP contribution in [0.3, 0.4) is 0 Å². The number of hydrogen-bond acceptors (Lipinski definition) is 7. The molecule has 1 aliphatic carbocycles. The number of nitrogens with zero attached hydrogens (tertiary/aromatic N) is 5. The van der Waals surface area contributed by atoms with Crippen molar-refractivity contribution < 1.29 is 4.21 Å². The van der Waals surface area contributed by atoms with Gasteiger partial charge in [-0.15, -0.1) is 0 Å². The number of piperazine rings is 1. The molecule has 0 bridgehead atoms. The van der Waals surface area contributed by atoms with E-state index in [4.69, 9.17) is 4.98 Å². The van der Waals surface area contributed by atoms with Crippen molar-refractivity contribution in [1.82, 2.24) is 19.4 Å². The summed E-state index contributed by atoms with van der Waals surface area (Å²) in [6.45, 7) is 6.12. The zero-order valence-corrected chi connectivity index (χ0v) is 27.3. The third-order valence-corrected chi connectivity index (χ3v) is 11.5. The molecule has 7 rings (SSSR count). The van der Waals surface area contributed by atoms with Crippen molar-refractivity contribution in [1.29, 1.82) is 0 Å². The predicted octanol–water partition coefficient (Wildman–Crippen LogP) is 6.51. The first-order chi connectivity index (χ1) is 22.3. The molecule has 46 heavy (non-hydrogen) atoms. The highest BCUT2D eigenvalue weighted by Gasteiger charge is 2.24. The summed E-state index contributed by atoms with van der Waals surface area (Å²) in [5.41, 5.74) is 4.98. The van der Waals surface area contributed by atoms with Gasteiger partial charge in [0.2, 0.25) is 5.95 Å². The minimum absolute atomic E-state index is 0.0603. The lowest BCUT2D eigenvalue weighted by atomic mass is 10.0. The molecule has 0 radical (unpaired) electrons. The molecule has 2 aliphatic rings. The van der Waals surface area contributed by atoms with Crippen LogP contribution < -0.4 is 15.8 Å². The van der Waals surface area contributed by atoms with Crippen LogP contribution in [0.15, 0.2) is 99.6 Å². The molecule has 2 fully saturated rings. The van der Waals surface area contributed by atoms with E-state index in [1.54, 1.807) is 6.20 Å². The minimum Gasteiger partial charge on any atom is -0.369 e. The molecule has 3 heterocycles. The average molecular weight is 633 g/mol. The normalized spacial score (nSPS) is 17.3. The number of hydrogen-bond donors (Lipinski definition) is 1. The summed E-state index contributed by atoms with van der Waals surface area (Å²) in [6, 6.07) is 25.3. The quantitative estimate of drug-likeness (QED) is 0.205. The monoisotopic (exact) mass is 632 g/mol. The van der Waals surface area contributed by atoms with Crippen LogP contribution in [0.5, 0.6) is 0 Å². The van der Waals surface area contributed by atoms with Crippen LogP contribution in [0, 0.1) is 6.92 Å². The number of fused-ring (bicyclic) bond motifs is 1. The molecule has 5 aromatic rings. The second-order valence-corrected chi connectivity index (χ2v) is 14.9. The van der Waals surface area contributed by atoms with E-state index in [2.05, 4.69) is 57.3 Å². The number of nitrogens with one attached hydrogen (secondary N) is 1. The van der Waals surface area contributed by atoms with Crippen molar-refractivity contribution in [3.8, 4) is 11.1 Å². The van der Waals surface area contributed by atoms with Gasteiger partial charge in [-0.2, -0.15) is 4.98 Å². The van der Waals surface area contributed by atoms with E-state index >= 15 is 0 Å². The van der Waals surface area contributed by atoms with E-state index in [-0.39, 0.29) is 11.6 Å². The summed E-state index contributed by atoms with van der Waals surface area (Å²) >= 11 is 0. The Balaban J connectivity index is 1.23. The van der Waals surface area contributed by atoms with E-state index in [1.807, 2.05) is 66.1 Å². The summed E-state index contributed by atoms with van der Waals surface area (Å²) in [5.74, 6) is 4.54. The van der Waals surface area contributed by atoms with Crippen molar-refractivity contribution in [3.05, 3.63) is 101 Å². The highest BCUT2D eigenvalue weighted by molar-refractivity contribution is 8.00. The lowest BCUT2D eigenvalue weighted by Gasteiger charge is -2.34. The molecule has 1 saturated carbocycles. The fourth-order valence-corrected chi connectivity index (χ4v) is 8.27. The number of likely N-dealkylation sites (N-methyl/N-ethyl adjacent to an activating group) is 1. The molecule has 0 amide bonds. The number of rotatable bonds is 7. The average Bonchev–Trinajstić information content (AvgIpc) is 3.60. The van der Waals surface area contributed by atoms with E-state index < -0.39 is 9.52 Å². The molecular formula is C37H40N6O2S. The third kappa shape index (κ3) is 5.81. The van der Waals surface area contributed by atoms with E-state index in [9.17, 15) is 9.00 Å². The zero-order chi connectivity index (χ0) is 31.8. The Morgan fingerprint density at radius 1 is 0.870 bits per heavy atom. The zero-order valence-electron chi connectivity index (χ0n) is 26.5. The maximum atomic E-state index is 14.3. The fourth-order valence-electron chi connectivity index (χ4n) is 6.74. The Morgan fingerprint density at radius 2 is 1.59 bits per heavy atom. The Hall–Kier alpha value is -4.47. The summed E-state index contributed by atoms with van der Waals surface area (Å²) in [5, 5.41) is 4.17. The summed E-state index contributed by atoms with van der Waals surface area (Å²) < 4.78 is 15.6. The SMILES string of the molecule is C=S(=O)(c1ccccc1)c1ccc(-c2cc3cnc(Nc4ccc(N5CCN(C)CC5)cc4)nc3n(C3CCCC3)c2=O)c(C)c1. The number of anilines is 3. The third-order valence-electron chi connectivity index (χ3n) is 9.45. The van der Waals surface area contributed by atoms with Crippen molar-refractivity contribution in [2.45, 2.75) is 48.4 Å². The van der Waals surface area contributed by atoms with Gasteiger partial charge in [0, 0.05) is 80.1 Å². The first kappa shape index (κ1) is 30.2. The van der Waals surface area contributed by atoms with Crippen LogP contribution in [0.25, 0.3) is 22.2 Å².